The number of carboxylic acid groups (broad SMARTS) is 1. The van der Waals surface area contributed by atoms with Gasteiger partial charge in [0.1, 0.15) is 11.4 Å². The standard InChI is InChI=1S/C14H18N2O5/c1-3-7-21-12(18)11-8-5-4-6-9(17)10(8)15-14(2,16-11)13(19)20/h16H,3-7H2,1-2H3,(H,19,20). The Morgan fingerprint density at radius 2 is 2.14 bits per heavy atom. The van der Waals surface area contributed by atoms with Crippen LogP contribution in [0.5, 0.6) is 0 Å². The number of nitrogens with one attached hydrogen (secondary N) is 1. The van der Waals surface area contributed by atoms with Crippen LogP contribution in [0.2, 0.25) is 0 Å². The molecular formula is C14H18N2O5. The van der Waals surface area contributed by atoms with Crippen molar-refractivity contribution in [2.45, 2.75) is 45.2 Å². The predicted molar refractivity (Wildman–Crippen MR) is 73.7 cm³/mol. The molecule has 2 aliphatic rings. The Bertz CT molecular complexity index is 564. The zero-order chi connectivity index (χ0) is 15.6. The number of esters is 1. The van der Waals surface area contributed by atoms with Gasteiger partial charge in [-0.2, -0.15) is 0 Å². The molecule has 0 spiro atoms. The Balaban J connectivity index is 2.44. The number of carbonyl (C=O) groups is 3. The normalized spacial score (nSPS) is 24.9. The molecule has 1 heterocycles. The van der Waals surface area contributed by atoms with Crippen molar-refractivity contribution in [2.75, 3.05) is 6.61 Å². The zero-order valence-electron chi connectivity index (χ0n) is 12.1. The van der Waals surface area contributed by atoms with E-state index < -0.39 is 17.6 Å². The quantitative estimate of drug-likeness (QED) is 0.743. The number of ketones is 1. The van der Waals surface area contributed by atoms with Gasteiger partial charge in [-0.25, -0.2) is 14.6 Å². The molecule has 1 fully saturated rings. The highest BCUT2D eigenvalue weighted by molar-refractivity contribution is 6.48. The highest BCUT2D eigenvalue weighted by Crippen LogP contribution is 2.29. The summed E-state index contributed by atoms with van der Waals surface area (Å²) in [5.74, 6) is -2.12. The van der Waals surface area contributed by atoms with E-state index in [1.165, 1.54) is 6.92 Å². The van der Waals surface area contributed by atoms with Crippen LogP contribution in [0.15, 0.2) is 16.3 Å². The van der Waals surface area contributed by atoms with Crippen molar-refractivity contribution in [3.63, 3.8) is 0 Å². The number of ether oxygens (including phenoxy) is 1. The molecule has 1 saturated carbocycles. The summed E-state index contributed by atoms with van der Waals surface area (Å²) in [4.78, 5) is 39.5. The summed E-state index contributed by atoms with van der Waals surface area (Å²) in [5.41, 5.74) is -1.13. The van der Waals surface area contributed by atoms with Gasteiger partial charge in [-0.3, -0.25) is 4.79 Å². The van der Waals surface area contributed by atoms with Gasteiger partial charge in [0.2, 0.25) is 5.66 Å². The van der Waals surface area contributed by atoms with Crippen LogP contribution in [0.25, 0.3) is 0 Å². The van der Waals surface area contributed by atoms with Gasteiger partial charge in [0.15, 0.2) is 5.78 Å². The number of carbonyl (C=O) groups excluding carboxylic acids is 2. The molecule has 0 aromatic heterocycles. The molecule has 2 rings (SSSR count). The lowest BCUT2D eigenvalue weighted by atomic mass is 9.87. The first-order valence-electron chi connectivity index (χ1n) is 6.94. The average molecular weight is 294 g/mol. The molecule has 1 aliphatic carbocycles. The topological polar surface area (TPSA) is 105 Å². The van der Waals surface area contributed by atoms with Gasteiger partial charge in [0.25, 0.3) is 0 Å². The van der Waals surface area contributed by atoms with Gasteiger partial charge < -0.3 is 15.2 Å². The maximum Gasteiger partial charge on any atom is 0.354 e. The fourth-order valence-corrected chi connectivity index (χ4v) is 2.32. The van der Waals surface area contributed by atoms with Crippen molar-refractivity contribution in [1.82, 2.24) is 5.32 Å². The van der Waals surface area contributed by atoms with E-state index in [1.807, 2.05) is 6.92 Å². The summed E-state index contributed by atoms with van der Waals surface area (Å²) < 4.78 is 5.07. The van der Waals surface area contributed by atoms with Gasteiger partial charge >= 0.3 is 11.9 Å². The molecule has 1 aliphatic heterocycles. The number of carboxylic acids is 1. The van der Waals surface area contributed by atoms with Crippen molar-refractivity contribution in [2.24, 2.45) is 4.99 Å². The second kappa shape index (κ2) is 5.67. The first-order valence-corrected chi connectivity index (χ1v) is 6.94. The number of hydrogen-bond donors (Lipinski definition) is 2. The van der Waals surface area contributed by atoms with E-state index >= 15 is 0 Å². The zero-order valence-corrected chi connectivity index (χ0v) is 12.1. The van der Waals surface area contributed by atoms with Gasteiger partial charge in [-0.15, -0.1) is 0 Å². The van der Waals surface area contributed by atoms with E-state index in [-0.39, 0.29) is 23.8 Å². The first-order chi connectivity index (χ1) is 9.89. The fourth-order valence-electron chi connectivity index (χ4n) is 2.32. The van der Waals surface area contributed by atoms with Crippen molar-refractivity contribution in [3.05, 3.63) is 11.3 Å². The predicted octanol–water partition coefficient (Wildman–Crippen LogP) is 0.792. The lowest BCUT2D eigenvalue weighted by molar-refractivity contribution is -0.144. The Morgan fingerprint density at radius 3 is 2.76 bits per heavy atom. The highest BCUT2D eigenvalue weighted by atomic mass is 16.5. The number of allylic oxidation sites excluding steroid dienone is 1. The van der Waals surface area contributed by atoms with Crippen LogP contribution < -0.4 is 5.32 Å². The largest absolute Gasteiger partial charge is 0.478 e. The van der Waals surface area contributed by atoms with Crippen LogP contribution in [0.1, 0.15) is 39.5 Å². The van der Waals surface area contributed by atoms with E-state index in [2.05, 4.69) is 10.3 Å². The Morgan fingerprint density at radius 1 is 1.43 bits per heavy atom. The van der Waals surface area contributed by atoms with Crippen molar-refractivity contribution in [3.8, 4) is 0 Å². The Hall–Kier alpha value is -2.18. The van der Waals surface area contributed by atoms with Gasteiger partial charge in [-0.05, 0) is 26.2 Å². The third-order valence-electron chi connectivity index (χ3n) is 3.44. The Kier molecular flexibility index (Phi) is 4.11. The molecule has 0 saturated heterocycles. The maximum atomic E-state index is 12.1. The SMILES string of the molecule is CCCOC(=O)C1=C2CCCC(=O)C2=NC(C)(C(=O)O)N1. The second-order valence-corrected chi connectivity index (χ2v) is 5.23. The van der Waals surface area contributed by atoms with Gasteiger partial charge in [-0.1, -0.05) is 6.92 Å². The average Bonchev–Trinajstić information content (AvgIpc) is 2.45. The van der Waals surface area contributed by atoms with Crippen molar-refractivity contribution < 1.29 is 24.2 Å². The third-order valence-corrected chi connectivity index (χ3v) is 3.44. The smallest absolute Gasteiger partial charge is 0.354 e. The maximum absolute atomic E-state index is 12.1. The molecule has 0 amide bonds. The summed E-state index contributed by atoms with van der Waals surface area (Å²) in [5, 5.41) is 11.9. The number of nitrogens with zero attached hydrogens (tertiary/aromatic N) is 1. The molecular weight excluding hydrogens is 276 g/mol. The minimum atomic E-state index is -1.73. The van der Waals surface area contributed by atoms with Crippen molar-refractivity contribution >= 4 is 23.4 Å². The van der Waals surface area contributed by atoms with Crippen LogP contribution in [0.4, 0.5) is 0 Å². The lowest BCUT2D eigenvalue weighted by Gasteiger charge is -2.33. The summed E-state index contributed by atoms with van der Waals surface area (Å²) in [6.45, 7) is 3.41. The number of Topliss-reactive ketones (excluding diaryl/α,β-unsaturated/α-hetero) is 1. The molecule has 0 aromatic carbocycles. The summed E-state index contributed by atoms with van der Waals surface area (Å²) in [6.07, 6.45) is 2.09. The molecule has 0 radical (unpaired) electrons. The highest BCUT2D eigenvalue weighted by Gasteiger charge is 2.43. The fraction of sp³-hybridized carbons (Fsp3) is 0.571. The van der Waals surface area contributed by atoms with Crippen molar-refractivity contribution in [1.29, 1.82) is 0 Å². The summed E-state index contributed by atoms with van der Waals surface area (Å²) >= 11 is 0. The first kappa shape index (κ1) is 15.2. The van der Waals surface area contributed by atoms with Crippen LogP contribution in [0.3, 0.4) is 0 Å². The number of aliphatic imine (C=N–C) groups is 1. The van der Waals surface area contributed by atoms with Gasteiger partial charge in [0.05, 0.1) is 6.61 Å². The monoisotopic (exact) mass is 294 g/mol. The van der Waals surface area contributed by atoms with E-state index in [4.69, 9.17) is 4.74 Å². The molecule has 1 atom stereocenters. The summed E-state index contributed by atoms with van der Waals surface area (Å²) in [7, 11) is 0. The molecule has 21 heavy (non-hydrogen) atoms. The minimum absolute atomic E-state index is 0.0476. The molecule has 1 unspecified atom stereocenters. The molecule has 0 aromatic rings. The molecule has 7 nitrogen and oxygen atoms in total. The Labute approximate surface area is 122 Å². The van der Waals surface area contributed by atoms with E-state index in [1.54, 1.807) is 0 Å². The lowest BCUT2D eigenvalue weighted by Crippen LogP contribution is -2.54. The molecule has 7 heteroatoms. The number of hydrogen-bond acceptors (Lipinski definition) is 6. The van der Waals surface area contributed by atoms with Crippen LogP contribution >= 0.6 is 0 Å². The molecule has 2 N–H and O–H groups in total. The van der Waals surface area contributed by atoms with Crippen LogP contribution in [0, 0.1) is 0 Å². The number of fused-ring (bicyclic) bond motifs is 1. The molecule has 114 valence electrons. The van der Waals surface area contributed by atoms with E-state index in [0.717, 1.165) is 0 Å². The van der Waals surface area contributed by atoms with E-state index in [9.17, 15) is 19.5 Å². The number of aliphatic carboxylic acids is 1. The van der Waals surface area contributed by atoms with E-state index in [0.29, 0.717) is 31.3 Å². The summed E-state index contributed by atoms with van der Waals surface area (Å²) in [6, 6.07) is 0. The van der Waals surface area contributed by atoms with Crippen LogP contribution in [-0.4, -0.2) is 40.8 Å². The van der Waals surface area contributed by atoms with Crippen LogP contribution in [-0.2, 0) is 19.1 Å². The minimum Gasteiger partial charge on any atom is -0.478 e. The van der Waals surface area contributed by atoms with Gasteiger partial charge in [0, 0.05) is 12.0 Å². The third kappa shape index (κ3) is 2.81. The second-order valence-electron chi connectivity index (χ2n) is 5.23. The molecule has 0 bridgehead atoms. The number of rotatable bonds is 4.